The monoisotopic (exact) mass is 290 g/mol. The Morgan fingerprint density at radius 3 is 2.79 bits per heavy atom. The van der Waals surface area contributed by atoms with Gasteiger partial charge in [0.15, 0.2) is 0 Å². The average molecular weight is 290 g/mol. The van der Waals surface area contributed by atoms with E-state index < -0.39 is 23.1 Å². The van der Waals surface area contributed by atoms with Crippen LogP contribution in [0.25, 0.3) is 0 Å². The van der Waals surface area contributed by atoms with Crippen LogP contribution in [-0.4, -0.2) is 40.4 Å². The van der Waals surface area contributed by atoms with E-state index in [-0.39, 0.29) is 23.9 Å². The molecule has 1 N–H and O–H groups in total. The quantitative estimate of drug-likeness (QED) is 0.823. The van der Waals surface area contributed by atoms with Crippen LogP contribution in [-0.2, 0) is 14.8 Å². The highest BCUT2D eigenvalue weighted by Gasteiger charge is 2.29. The van der Waals surface area contributed by atoms with Crippen molar-refractivity contribution in [2.24, 2.45) is 4.99 Å². The van der Waals surface area contributed by atoms with E-state index in [0.717, 1.165) is 0 Å². The largest absolute Gasteiger partial charge is 0.374 e. The highest BCUT2D eigenvalue weighted by molar-refractivity contribution is 7.90. The Morgan fingerprint density at radius 2 is 2.05 bits per heavy atom. The summed E-state index contributed by atoms with van der Waals surface area (Å²) in [6, 6.07) is 6.43. The van der Waals surface area contributed by atoms with Crippen molar-refractivity contribution in [2.75, 3.05) is 19.8 Å². The number of sulfonamides is 1. The number of amidine groups is 1. The number of benzene rings is 1. The van der Waals surface area contributed by atoms with E-state index >= 15 is 0 Å². The number of nitrogens with one attached hydrogen (secondary N) is 1. The van der Waals surface area contributed by atoms with Crippen molar-refractivity contribution in [3.8, 4) is 0 Å². The zero-order valence-corrected chi connectivity index (χ0v) is 10.7. The van der Waals surface area contributed by atoms with Crippen molar-refractivity contribution in [3.05, 3.63) is 29.8 Å². The van der Waals surface area contributed by atoms with Crippen molar-refractivity contribution in [1.29, 1.82) is 0 Å². The van der Waals surface area contributed by atoms with E-state index in [2.05, 4.69) is 14.5 Å². The van der Waals surface area contributed by atoms with Gasteiger partial charge in [0.2, 0.25) is 0 Å². The van der Waals surface area contributed by atoms with Crippen molar-refractivity contribution in [2.45, 2.75) is 11.3 Å². The van der Waals surface area contributed by atoms with Crippen LogP contribution in [0.1, 0.15) is 5.56 Å². The minimum Gasteiger partial charge on any atom is -0.374 e. The van der Waals surface area contributed by atoms with Crippen molar-refractivity contribution in [1.82, 2.24) is 4.72 Å². The normalized spacial score (nSPS) is 18.6. The molecule has 0 saturated heterocycles. The topological polar surface area (TPSA) is 67.8 Å². The molecule has 104 valence electrons. The number of hydrogen-bond acceptors (Lipinski definition) is 4. The maximum absolute atomic E-state index is 11.8. The number of aliphatic imine (C=N–C) groups is 1. The number of hydrogen-bond donors (Lipinski definition) is 1. The lowest BCUT2D eigenvalue weighted by Crippen LogP contribution is -2.22. The number of alkyl halides is 2. The fraction of sp³-hybridized carbons (Fsp3) is 0.364. The van der Waals surface area contributed by atoms with Gasteiger partial charge in [0, 0.05) is 5.56 Å². The summed E-state index contributed by atoms with van der Waals surface area (Å²) < 4.78 is 54.0. The highest BCUT2D eigenvalue weighted by Crippen LogP contribution is 2.21. The van der Waals surface area contributed by atoms with Gasteiger partial charge in [-0.1, -0.05) is 12.1 Å². The lowest BCUT2D eigenvalue weighted by Gasteiger charge is -2.01. The maximum atomic E-state index is 11.8. The third-order valence-corrected chi connectivity index (χ3v) is 3.81. The third kappa shape index (κ3) is 3.27. The van der Waals surface area contributed by atoms with Crippen LogP contribution in [0, 0.1) is 0 Å². The summed E-state index contributed by atoms with van der Waals surface area (Å²) in [7, 11) is -3.55. The fourth-order valence-electron chi connectivity index (χ4n) is 1.65. The van der Waals surface area contributed by atoms with E-state index in [9.17, 15) is 17.2 Å². The Morgan fingerprint density at radius 1 is 1.32 bits per heavy atom. The fourth-order valence-corrected chi connectivity index (χ4v) is 2.90. The molecule has 0 radical (unpaired) electrons. The number of ether oxygens (including phenoxy) is 1. The van der Waals surface area contributed by atoms with Gasteiger partial charge < -0.3 is 4.74 Å². The molecule has 1 aliphatic rings. The van der Waals surface area contributed by atoms with Crippen molar-refractivity contribution < 1.29 is 21.9 Å². The molecular weight excluding hydrogens is 278 g/mol. The minimum atomic E-state index is -3.55. The molecule has 0 aromatic heterocycles. The summed E-state index contributed by atoms with van der Waals surface area (Å²) in [5.41, 5.74) is 0.483. The highest BCUT2D eigenvalue weighted by atomic mass is 32.2. The van der Waals surface area contributed by atoms with Crippen LogP contribution in [0.2, 0.25) is 0 Å². The van der Waals surface area contributed by atoms with Gasteiger partial charge in [0.25, 0.3) is 16.4 Å². The van der Waals surface area contributed by atoms with Gasteiger partial charge in [0.05, 0.1) is 18.0 Å². The second-order valence-corrected chi connectivity index (χ2v) is 5.45. The van der Waals surface area contributed by atoms with Gasteiger partial charge in [-0.05, 0) is 12.1 Å². The zero-order chi connectivity index (χ0) is 13.9. The zero-order valence-electron chi connectivity index (χ0n) is 9.84. The van der Waals surface area contributed by atoms with Crippen LogP contribution >= 0.6 is 0 Å². The Balaban J connectivity index is 2.03. The number of nitrogens with zero attached hydrogens (tertiary/aromatic N) is 1. The number of fused-ring (bicyclic) bond motifs is 1. The molecule has 0 amide bonds. The molecule has 19 heavy (non-hydrogen) atoms. The maximum Gasteiger partial charge on any atom is 0.263 e. The predicted octanol–water partition coefficient (Wildman–Crippen LogP) is 1.01. The second kappa shape index (κ2) is 5.62. The molecule has 0 bridgehead atoms. The van der Waals surface area contributed by atoms with Crippen molar-refractivity contribution >= 4 is 15.9 Å². The molecule has 0 saturated carbocycles. The minimum absolute atomic E-state index is 0.0116. The van der Waals surface area contributed by atoms with E-state index in [4.69, 9.17) is 0 Å². The summed E-state index contributed by atoms with van der Waals surface area (Å²) in [6.07, 6.45) is -2.52. The molecule has 5 nitrogen and oxygen atoms in total. The lowest BCUT2D eigenvalue weighted by molar-refractivity contribution is 0.0207. The first-order valence-electron chi connectivity index (χ1n) is 5.53. The molecule has 0 atom stereocenters. The SMILES string of the molecule is O=S1(=O)NC(=NCCOCC(F)F)c2ccccc21. The summed E-state index contributed by atoms with van der Waals surface area (Å²) in [5.74, 6) is 0.219. The average Bonchev–Trinajstić information content (AvgIpc) is 2.61. The van der Waals surface area contributed by atoms with Gasteiger partial charge in [-0.3, -0.25) is 9.71 Å². The molecule has 8 heteroatoms. The second-order valence-electron chi connectivity index (χ2n) is 3.80. The summed E-state index contributed by atoms with van der Waals surface area (Å²) >= 11 is 0. The molecule has 1 heterocycles. The molecule has 1 aromatic rings. The van der Waals surface area contributed by atoms with Crippen LogP contribution in [0.15, 0.2) is 34.2 Å². The van der Waals surface area contributed by atoms with Crippen LogP contribution in [0.3, 0.4) is 0 Å². The molecule has 0 unspecified atom stereocenters. The standard InChI is InChI=1S/C11H12F2N2O3S/c12-10(13)7-18-6-5-14-11-8-3-1-2-4-9(8)19(16,17)15-11/h1-4,10H,5-7H2,(H,14,15). The van der Waals surface area contributed by atoms with Gasteiger partial charge in [-0.2, -0.15) is 0 Å². The van der Waals surface area contributed by atoms with Crippen LogP contribution < -0.4 is 4.72 Å². The lowest BCUT2D eigenvalue weighted by atomic mass is 10.2. The Hall–Kier alpha value is -1.54. The Bertz CT molecular complexity index is 587. The van der Waals surface area contributed by atoms with Gasteiger partial charge in [-0.25, -0.2) is 17.2 Å². The first kappa shape index (κ1) is 13.9. The summed E-state index contributed by atoms with van der Waals surface area (Å²) in [6.45, 7) is -0.524. The summed E-state index contributed by atoms with van der Waals surface area (Å²) in [5, 5.41) is 0. The van der Waals surface area contributed by atoms with Gasteiger partial charge in [-0.15, -0.1) is 0 Å². The molecule has 1 aliphatic heterocycles. The Kier molecular flexibility index (Phi) is 4.11. The number of halogens is 2. The van der Waals surface area contributed by atoms with Crippen LogP contribution in [0.4, 0.5) is 8.78 Å². The predicted molar refractivity (Wildman–Crippen MR) is 65.0 cm³/mol. The molecule has 0 aliphatic carbocycles. The summed E-state index contributed by atoms with van der Waals surface area (Å²) in [4.78, 5) is 4.18. The molecule has 2 rings (SSSR count). The first-order valence-corrected chi connectivity index (χ1v) is 7.01. The van der Waals surface area contributed by atoms with E-state index in [0.29, 0.717) is 5.56 Å². The third-order valence-electron chi connectivity index (χ3n) is 2.41. The molecule has 1 aromatic carbocycles. The van der Waals surface area contributed by atoms with Crippen LogP contribution in [0.5, 0.6) is 0 Å². The van der Waals surface area contributed by atoms with E-state index in [1.807, 2.05) is 0 Å². The van der Waals surface area contributed by atoms with Crippen molar-refractivity contribution in [3.63, 3.8) is 0 Å². The molecular formula is C11H12F2N2O3S. The van der Waals surface area contributed by atoms with E-state index in [1.54, 1.807) is 18.2 Å². The van der Waals surface area contributed by atoms with Gasteiger partial charge >= 0.3 is 0 Å². The van der Waals surface area contributed by atoms with Gasteiger partial charge in [0.1, 0.15) is 12.4 Å². The molecule has 0 fully saturated rings. The Labute approximate surface area is 109 Å². The van der Waals surface area contributed by atoms with E-state index in [1.165, 1.54) is 6.07 Å². The molecule has 0 spiro atoms. The number of rotatable bonds is 5. The first-order chi connectivity index (χ1) is 9.00. The smallest absolute Gasteiger partial charge is 0.263 e.